The van der Waals surface area contributed by atoms with Gasteiger partial charge in [-0.1, -0.05) is 0 Å². The van der Waals surface area contributed by atoms with E-state index in [1.54, 1.807) is 39.3 Å². The van der Waals surface area contributed by atoms with Crippen LogP contribution in [-0.2, 0) is 4.79 Å². The second-order valence-electron chi connectivity index (χ2n) is 4.75. The van der Waals surface area contributed by atoms with Crippen molar-refractivity contribution in [3.05, 3.63) is 23.8 Å². The number of amides is 2. The number of nitrogens with one attached hydrogen (secondary N) is 2. The largest absolute Gasteiger partial charge is 0.492 e. The first-order valence-electron chi connectivity index (χ1n) is 6.92. The zero-order valence-corrected chi connectivity index (χ0v) is 14.3. The summed E-state index contributed by atoms with van der Waals surface area (Å²) in [5.74, 6) is 0.295. The van der Waals surface area contributed by atoms with Gasteiger partial charge in [0.05, 0.1) is 12.3 Å². The van der Waals surface area contributed by atoms with Gasteiger partial charge in [0.25, 0.3) is 5.91 Å². The van der Waals surface area contributed by atoms with E-state index in [0.717, 1.165) is 0 Å². The molecule has 124 valence electrons. The Labute approximate surface area is 137 Å². The van der Waals surface area contributed by atoms with Crippen LogP contribution in [0, 0.1) is 0 Å². The smallest absolute Gasteiger partial charge is 0.253 e. The quantitative estimate of drug-likeness (QED) is 0.799. The highest BCUT2D eigenvalue weighted by molar-refractivity contribution is 5.97. The molecule has 1 rings (SSSR count). The first kappa shape index (κ1) is 20.2. The van der Waals surface area contributed by atoms with Crippen molar-refractivity contribution in [1.29, 1.82) is 0 Å². The Bertz CT molecular complexity index is 507. The molecular formula is C15H24ClN3O3. The SMILES string of the molecule is CCOc1cc(C(=O)N(C)C)ccc1NC(=O)CCNC.Cl. The van der Waals surface area contributed by atoms with Gasteiger partial charge in [-0.25, -0.2) is 0 Å². The van der Waals surface area contributed by atoms with Crippen molar-refractivity contribution in [2.45, 2.75) is 13.3 Å². The number of carbonyl (C=O) groups excluding carboxylic acids is 2. The number of hydrogen-bond donors (Lipinski definition) is 2. The van der Waals surface area contributed by atoms with E-state index in [2.05, 4.69) is 10.6 Å². The monoisotopic (exact) mass is 329 g/mol. The molecule has 2 amide bonds. The number of anilines is 1. The average molecular weight is 330 g/mol. The van der Waals surface area contributed by atoms with Crippen molar-refractivity contribution in [2.24, 2.45) is 0 Å². The van der Waals surface area contributed by atoms with Crippen molar-refractivity contribution < 1.29 is 14.3 Å². The summed E-state index contributed by atoms with van der Waals surface area (Å²) in [6, 6.07) is 5.02. The maximum absolute atomic E-state index is 12.0. The topological polar surface area (TPSA) is 70.7 Å². The van der Waals surface area contributed by atoms with Crippen LogP contribution in [0.25, 0.3) is 0 Å². The van der Waals surface area contributed by atoms with Gasteiger partial charge in [-0.3, -0.25) is 9.59 Å². The second-order valence-corrected chi connectivity index (χ2v) is 4.75. The highest BCUT2D eigenvalue weighted by atomic mass is 35.5. The van der Waals surface area contributed by atoms with E-state index in [1.807, 2.05) is 6.92 Å². The molecule has 22 heavy (non-hydrogen) atoms. The van der Waals surface area contributed by atoms with Gasteiger partial charge in [0.15, 0.2) is 0 Å². The van der Waals surface area contributed by atoms with E-state index < -0.39 is 0 Å². The summed E-state index contributed by atoms with van der Waals surface area (Å²) in [6.07, 6.45) is 0.375. The van der Waals surface area contributed by atoms with Crippen LogP contribution < -0.4 is 15.4 Å². The summed E-state index contributed by atoms with van der Waals surface area (Å²) < 4.78 is 5.51. The lowest BCUT2D eigenvalue weighted by Crippen LogP contribution is -2.22. The van der Waals surface area contributed by atoms with Crippen LogP contribution in [0.1, 0.15) is 23.7 Å². The van der Waals surface area contributed by atoms with E-state index in [0.29, 0.717) is 36.6 Å². The van der Waals surface area contributed by atoms with Gasteiger partial charge in [0.2, 0.25) is 5.91 Å². The van der Waals surface area contributed by atoms with Crippen molar-refractivity contribution in [1.82, 2.24) is 10.2 Å². The summed E-state index contributed by atoms with van der Waals surface area (Å²) in [4.78, 5) is 25.2. The van der Waals surface area contributed by atoms with Crippen LogP contribution >= 0.6 is 12.4 Å². The van der Waals surface area contributed by atoms with Gasteiger partial charge in [-0.05, 0) is 32.2 Å². The molecule has 0 saturated heterocycles. The highest BCUT2D eigenvalue weighted by Gasteiger charge is 2.13. The molecule has 0 unspecified atom stereocenters. The lowest BCUT2D eigenvalue weighted by atomic mass is 10.1. The number of carbonyl (C=O) groups is 2. The maximum atomic E-state index is 12.0. The van der Waals surface area contributed by atoms with Crippen molar-refractivity contribution >= 4 is 29.9 Å². The molecule has 0 aromatic heterocycles. The van der Waals surface area contributed by atoms with Crippen LogP contribution in [0.15, 0.2) is 18.2 Å². The molecule has 0 fully saturated rings. The van der Waals surface area contributed by atoms with Gasteiger partial charge in [0, 0.05) is 32.6 Å². The maximum Gasteiger partial charge on any atom is 0.253 e. The lowest BCUT2D eigenvalue weighted by molar-refractivity contribution is -0.116. The number of nitrogens with zero attached hydrogens (tertiary/aromatic N) is 1. The fourth-order valence-corrected chi connectivity index (χ4v) is 1.74. The third kappa shape index (κ3) is 5.91. The standard InChI is InChI=1S/C15H23N3O3.ClH/c1-5-21-13-10-11(15(20)18(3)4)6-7-12(13)17-14(19)8-9-16-2;/h6-7,10,16H,5,8-9H2,1-4H3,(H,17,19);1H. The molecule has 0 spiro atoms. The summed E-state index contributed by atoms with van der Waals surface area (Å²) in [5.41, 5.74) is 1.10. The van der Waals surface area contributed by atoms with Gasteiger partial charge in [0.1, 0.15) is 5.75 Å². The summed E-state index contributed by atoms with van der Waals surface area (Å²) in [6.45, 7) is 2.92. The number of rotatable bonds is 7. The number of benzene rings is 1. The zero-order chi connectivity index (χ0) is 15.8. The normalized spacial score (nSPS) is 9.64. The summed E-state index contributed by atoms with van der Waals surface area (Å²) in [7, 11) is 5.17. The molecule has 7 heteroatoms. The van der Waals surface area contributed by atoms with Crippen LogP contribution in [0.3, 0.4) is 0 Å². The molecule has 2 N–H and O–H groups in total. The number of hydrogen-bond acceptors (Lipinski definition) is 4. The van der Waals surface area contributed by atoms with Gasteiger partial charge >= 0.3 is 0 Å². The van der Waals surface area contributed by atoms with E-state index >= 15 is 0 Å². The van der Waals surface area contributed by atoms with Crippen LogP contribution in [0.4, 0.5) is 5.69 Å². The van der Waals surface area contributed by atoms with Crippen LogP contribution in [-0.4, -0.2) is 51.0 Å². The Morgan fingerprint density at radius 1 is 1.27 bits per heavy atom. The number of ether oxygens (including phenoxy) is 1. The van der Waals surface area contributed by atoms with Gasteiger partial charge < -0.3 is 20.3 Å². The Kier molecular flexibility index (Phi) is 9.21. The molecule has 0 bridgehead atoms. The number of halogens is 1. The van der Waals surface area contributed by atoms with Crippen LogP contribution in [0.5, 0.6) is 5.75 Å². The van der Waals surface area contributed by atoms with E-state index in [9.17, 15) is 9.59 Å². The minimum Gasteiger partial charge on any atom is -0.492 e. The minimum atomic E-state index is -0.107. The minimum absolute atomic E-state index is 0. The molecule has 1 aromatic rings. The fourth-order valence-electron chi connectivity index (χ4n) is 1.74. The van der Waals surface area contributed by atoms with Gasteiger partial charge in [-0.2, -0.15) is 0 Å². The fraction of sp³-hybridized carbons (Fsp3) is 0.467. The highest BCUT2D eigenvalue weighted by Crippen LogP contribution is 2.26. The Hall–Kier alpha value is -1.79. The Morgan fingerprint density at radius 2 is 1.95 bits per heavy atom. The van der Waals surface area contributed by atoms with E-state index in [-0.39, 0.29) is 24.2 Å². The van der Waals surface area contributed by atoms with E-state index in [1.165, 1.54) is 4.90 Å². The van der Waals surface area contributed by atoms with Crippen molar-refractivity contribution in [2.75, 3.05) is 39.6 Å². The first-order chi connectivity index (χ1) is 9.99. The molecule has 0 aliphatic carbocycles. The second kappa shape index (κ2) is 10.0. The molecule has 0 saturated carbocycles. The lowest BCUT2D eigenvalue weighted by Gasteiger charge is -2.15. The van der Waals surface area contributed by atoms with Crippen molar-refractivity contribution in [3.8, 4) is 5.75 Å². The summed E-state index contributed by atoms with van der Waals surface area (Å²) >= 11 is 0. The van der Waals surface area contributed by atoms with Crippen molar-refractivity contribution in [3.63, 3.8) is 0 Å². The molecular weight excluding hydrogens is 306 g/mol. The third-order valence-corrected chi connectivity index (χ3v) is 2.81. The first-order valence-corrected chi connectivity index (χ1v) is 6.92. The predicted molar refractivity (Wildman–Crippen MR) is 90.0 cm³/mol. The molecule has 0 radical (unpaired) electrons. The third-order valence-electron chi connectivity index (χ3n) is 2.81. The molecule has 1 aromatic carbocycles. The Balaban J connectivity index is 0.00000441. The molecule has 0 aliphatic heterocycles. The van der Waals surface area contributed by atoms with Gasteiger partial charge in [-0.15, -0.1) is 12.4 Å². The zero-order valence-electron chi connectivity index (χ0n) is 13.4. The summed E-state index contributed by atoms with van der Waals surface area (Å²) in [5, 5.41) is 5.72. The average Bonchev–Trinajstić information content (AvgIpc) is 2.46. The van der Waals surface area contributed by atoms with Crippen LogP contribution in [0.2, 0.25) is 0 Å². The Morgan fingerprint density at radius 3 is 2.50 bits per heavy atom. The molecule has 6 nitrogen and oxygen atoms in total. The predicted octanol–water partition coefficient (Wildman–Crippen LogP) is 1.76. The molecule has 0 atom stereocenters. The van der Waals surface area contributed by atoms with E-state index in [4.69, 9.17) is 4.74 Å². The molecule has 0 aliphatic rings. The molecule has 0 heterocycles.